The molecule has 30 heavy (non-hydrogen) atoms. The molecule has 1 unspecified atom stereocenters. The summed E-state index contributed by atoms with van der Waals surface area (Å²) in [6, 6.07) is 17.9. The number of carbonyl (C=O) groups is 1. The molecule has 150 valence electrons. The molecule has 1 aliphatic rings. The van der Waals surface area contributed by atoms with Crippen LogP contribution in [-0.2, 0) is 4.79 Å². The lowest BCUT2D eigenvalue weighted by molar-refractivity contribution is -0.117. The molecule has 1 amide bonds. The summed E-state index contributed by atoms with van der Waals surface area (Å²) in [5.74, 6) is 0.888. The van der Waals surface area contributed by atoms with E-state index < -0.39 is 0 Å². The molecule has 3 heterocycles. The first-order chi connectivity index (χ1) is 14.6. The number of aromatic amines is 1. The number of rotatable bonds is 4. The minimum atomic E-state index is -0.105. The standard InChI is InChI=1S/C23H21N5O2/c1-14-8-9-15(2)20(10-14)28-13-17(11-21(28)29)22-24-23(30-27-22)19-12-18(25-26-19)16-6-4-3-5-7-16/h3-10,12,17H,11,13H2,1-2H3,(H,25,26). The summed E-state index contributed by atoms with van der Waals surface area (Å²) >= 11 is 0. The van der Waals surface area contributed by atoms with Gasteiger partial charge in [0.2, 0.25) is 5.91 Å². The van der Waals surface area contributed by atoms with Gasteiger partial charge >= 0.3 is 0 Å². The van der Waals surface area contributed by atoms with E-state index in [9.17, 15) is 4.79 Å². The summed E-state index contributed by atoms with van der Waals surface area (Å²) in [5, 5.41) is 11.4. The third-order valence-electron chi connectivity index (χ3n) is 5.47. The van der Waals surface area contributed by atoms with E-state index in [1.54, 1.807) is 0 Å². The van der Waals surface area contributed by atoms with Crippen LogP contribution in [0.5, 0.6) is 0 Å². The van der Waals surface area contributed by atoms with E-state index in [2.05, 4.69) is 26.4 Å². The number of aromatic nitrogens is 4. The van der Waals surface area contributed by atoms with Crippen LogP contribution in [0.4, 0.5) is 5.69 Å². The van der Waals surface area contributed by atoms with E-state index in [-0.39, 0.29) is 11.8 Å². The van der Waals surface area contributed by atoms with E-state index in [4.69, 9.17) is 4.52 Å². The van der Waals surface area contributed by atoms with Crippen LogP contribution in [0.15, 0.2) is 59.1 Å². The Kier molecular flexibility index (Phi) is 4.43. The van der Waals surface area contributed by atoms with Gasteiger partial charge in [-0.2, -0.15) is 10.1 Å². The fourth-order valence-electron chi connectivity index (χ4n) is 3.82. The van der Waals surface area contributed by atoms with Crippen molar-refractivity contribution in [2.45, 2.75) is 26.2 Å². The van der Waals surface area contributed by atoms with E-state index in [0.29, 0.717) is 30.4 Å². The molecule has 4 aromatic rings. The predicted molar refractivity (Wildman–Crippen MR) is 113 cm³/mol. The third kappa shape index (κ3) is 3.28. The van der Waals surface area contributed by atoms with Crippen molar-refractivity contribution >= 4 is 11.6 Å². The lowest BCUT2D eigenvalue weighted by Crippen LogP contribution is -2.25. The largest absolute Gasteiger partial charge is 0.332 e. The van der Waals surface area contributed by atoms with Crippen LogP contribution in [0.1, 0.15) is 29.3 Å². The number of H-pyrrole nitrogens is 1. The average molecular weight is 399 g/mol. The molecule has 0 radical (unpaired) electrons. The van der Waals surface area contributed by atoms with Gasteiger partial charge in [-0.3, -0.25) is 9.89 Å². The summed E-state index contributed by atoms with van der Waals surface area (Å²) in [7, 11) is 0. The van der Waals surface area contributed by atoms with Crippen molar-refractivity contribution in [1.29, 1.82) is 0 Å². The Morgan fingerprint density at radius 1 is 1.10 bits per heavy atom. The molecule has 0 saturated carbocycles. The van der Waals surface area contributed by atoms with E-state index >= 15 is 0 Å². The van der Waals surface area contributed by atoms with Crippen LogP contribution in [0.2, 0.25) is 0 Å². The van der Waals surface area contributed by atoms with Gasteiger partial charge in [-0.1, -0.05) is 47.6 Å². The van der Waals surface area contributed by atoms with Gasteiger partial charge in [0.25, 0.3) is 5.89 Å². The maximum absolute atomic E-state index is 12.7. The average Bonchev–Trinajstić information content (AvgIpc) is 3.49. The van der Waals surface area contributed by atoms with Crippen molar-refractivity contribution in [2.75, 3.05) is 11.4 Å². The van der Waals surface area contributed by atoms with Gasteiger partial charge in [-0.25, -0.2) is 0 Å². The van der Waals surface area contributed by atoms with Crippen LogP contribution in [0.3, 0.4) is 0 Å². The molecule has 7 nitrogen and oxygen atoms in total. The second kappa shape index (κ2) is 7.26. The summed E-state index contributed by atoms with van der Waals surface area (Å²) < 4.78 is 5.47. The number of carbonyl (C=O) groups excluding carboxylic acids is 1. The molecule has 0 spiro atoms. The molecular weight excluding hydrogens is 378 g/mol. The fourth-order valence-corrected chi connectivity index (χ4v) is 3.82. The Balaban J connectivity index is 1.37. The monoisotopic (exact) mass is 399 g/mol. The topological polar surface area (TPSA) is 87.9 Å². The lowest BCUT2D eigenvalue weighted by atomic mass is 10.1. The van der Waals surface area contributed by atoms with Gasteiger partial charge < -0.3 is 9.42 Å². The molecule has 5 rings (SSSR count). The summed E-state index contributed by atoms with van der Waals surface area (Å²) in [6.07, 6.45) is 0.366. The van der Waals surface area contributed by atoms with Crippen LogP contribution < -0.4 is 4.90 Å². The Morgan fingerprint density at radius 3 is 2.77 bits per heavy atom. The minimum Gasteiger partial charge on any atom is -0.332 e. The zero-order chi connectivity index (χ0) is 20.7. The first-order valence-corrected chi connectivity index (χ1v) is 9.91. The van der Waals surface area contributed by atoms with Gasteiger partial charge in [0.1, 0.15) is 5.69 Å². The number of aryl methyl sites for hydroxylation is 2. The van der Waals surface area contributed by atoms with Gasteiger partial charge in [0, 0.05) is 30.1 Å². The van der Waals surface area contributed by atoms with Gasteiger partial charge in [-0.15, -0.1) is 0 Å². The highest BCUT2D eigenvalue weighted by molar-refractivity contribution is 5.97. The molecule has 1 aliphatic heterocycles. The van der Waals surface area contributed by atoms with Crippen molar-refractivity contribution in [3.05, 3.63) is 71.5 Å². The van der Waals surface area contributed by atoms with Gasteiger partial charge in [0.15, 0.2) is 5.82 Å². The molecular formula is C23H21N5O2. The highest BCUT2D eigenvalue weighted by atomic mass is 16.5. The normalized spacial score (nSPS) is 16.4. The van der Waals surface area contributed by atoms with Crippen LogP contribution in [0.25, 0.3) is 22.8 Å². The van der Waals surface area contributed by atoms with Crippen molar-refractivity contribution in [2.24, 2.45) is 0 Å². The smallest absolute Gasteiger partial charge is 0.275 e. The maximum Gasteiger partial charge on any atom is 0.275 e. The van der Waals surface area contributed by atoms with Crippen LogP contribution in [0, 0.1) is 13.8 Å². The SMILES string of the molecule is Cc1ccc(C)c(N2CC(c3noc(-c4cc(-c5ccccc5)n[nH]4)n3)CC2=O)c1. The van der Waals surface area contributed by atoms with Crippen molar-refractivity contribution in [3.8, 4) is 22.8 Å². The van der Waals surface area contributed by atoms with Gasteiger partial charge in [0.05, 0.1) is 5.69 Å². The summed E-state index contributed by atoms with van der Waals surface area (Å²) in [6.45, 7) is 4.59. The molecule has 0 aliphatic carbocycles. The molecule has 1 saturated heterocycles. The number of nitrogens with one attached hydrogen (secondary N) is 1. The number of nitrogens with zero attached hydrogens (tertiary/aromatic N) is 4. The number of amides is 1. The Bertz CT molecular complexity index is 1210. The van der Waals surface area contributed by atoms with Crippen LogP contribution >= 0.6 is 0 Å². The Morgan fingerprint density at radius 2 is 1.93 bits per heavy atom. The molecule has 2 aromatic heterocycles. The molecule has 7 heteroatoms. The number of anilines is 1. The second-order valence-corrected chi connectivity index (χ2v) is 7.69. The zero-order valence-corrected chi connectivity index (χ0v) is 16.8. The first-order valence-electron chi connectivity index (χ1n) is 9.91. The molecule has 2 aromatic carbocycles. The summed E-state index contributed by atoms with van der Waals surface area (Å²) in [5.41, 5.74) is 5.62. The summed E-state index contributed by atoms with van der Waals surface area (Å²) in [4.78, 5) is 19.1. The quantitative estimate of drug-likeness (QED) is 0.554. The van der Waals surface area contributed by atoms with E-state index in [0.717, 1.165) is 28.1 Å². The molecule has 1 N–H and O–H groups in total. The number of benzene rings is 2. The highest BCUT2D eigenvalue weighted by Crippen LogP contribution is 2.33. The third-order valence-corrected chi connectivity index (χ3v) is 5.47. The maximum atomic E-state index is 12.7. The highest BCUT2D eigenvalue weighted by Gasteiger charge is 2.35. The predicted octanol–water partition coefficient (Wildman–Crippen LogP) is 4.26. The number of hydrogen-bond acceptors (Lipinski definition) is 5. The minimum absolute atomic E-state index is 0.0768. The second-order valence-electron chi connectivity index (χ2n) is 7.69. The Hall–Kier alpha value is -3.74. The Labute approximate surface area is 173 Å². The van der Waals surface area contributed by atoms with Crippen molar-refractivity contribution in [3.63, 3.8) is 0 Å². The van der Waals surface area contributed by atoms with Crippen molar-refractivity contribution < 1.29 is 9.32 Å². The number of hydrogen-bond donors (Lipinski definition) is 1. The molecule has 1 fully saturated rings. The van der Waals surface area contributed by atoms with Crippen LogP contribution in [-0.4, -0.2) is 32.8 Å². The first kappa shape index (κ1) is 18.3. The lowest BCUT2D eigenvalue weighted by Gasteiger charge is -2.19. The zero-order valence-electron chi connectivity index (χ0n) is 16.8. The molecule has 0 bridgehead atoms. The van der Waals surface area contributed by atoms with E-state index in [1.165, 1.54) is 0 Å². The fraction of sp³-hybridized carbons (Fsp3) is 0.217. The van der Waals surface area contributed by atoms with Gasteiger partial charge in [-0.05, 0) is 37.1 Å². The molecule has 1 atom stereocenters. The van der Waals surface area contributed by atoms with E-state index in [1.807, 2.05) is 67.3 Å². The van der Waals surface area contributed by atoms with Crippen molar-refractivity contribution in [1.82, 2.24) is 20.3 Å².